The molecule has 0 aromatic carbocycles. The molecule has 0 amide bonds. The molecule has 1 N–H and O–H groups in total. The Kier molecular flexibility index (Phi) is 7.51. The third-order valence-electron chi connectivity index (χ3n) is 5.49. The lowest BCUT2D eigenvalue weighted by Gasteiger charge is -2.42. The highest BCUT2D eigenvalue weighted by Gasteiger charge is 2.31. The zero-order valence-corrected chi connectivity index (χ0v) is 18.3. The molecule has 2 aliphatic rings. The van der Waals surface area contributed by atoms with Crippen LogP contribution in [0.15, 0.2) is 4.99 Å². The fourth-order valence-electron chi connectivity index (χ4n) is 4.29. The standard InChI is InChI=1S/C18H32N6.HI/c1-4-9-18(2)10-7-11-23(14-18)17(19-3)20-13-16-22-21-15-8-5-6-12-24(15)16;/h4-14H2,1-3H3,(H,19,20);1H. The molecule has 0 aliphatic carbocycles. The Hall–Kier alpha value is -0.860. The summed E-state index contributed by atoms with van der Waals surface area (Å²) in [6.45, 7) is 8.66. The molecule has 1 atom stereocenters. The Morgan fingerprint density at radius 3 is 2.84 bits per heavy atom. The van der Waals surface area contributed by atoms with Crippen LogP contribution in [0.5, 0.6) is 0 Å². The van der Waals surface area contributed by atoms with Crippen molar-refractivity contribution >= 4 is 29.9 Å². The Labute approximate surface area is 168 Å². The molecule has 6 nitrogen and oxygen atoms in total. The summed E-state index contributed by atoms with van der Waals surface area (Å²) < 4.78 is 2.28. The van der Waals surface area contributed by atoms with Crippen molar-refractivity contribution in [2.45, 2.75) is 71.9 Å². The summed E-state index contributed by atoms with van der Waals surface area (Å²) in [7, 11) is 1.88. The van der Waals surface area contributed by atoms with E-state index in [9.17, 15) is 0 Å². The van der Waals surface area contributed by atoms with Crippen molar-refractivity contribution in [3.63, 3.8) is 0 Å². The summed E-state index contributed by atoms with van der Waals surface area (Å²) in [5, 5.41) is 12.2. The number of rotatable bonds is 4. The molecule has 0 saturated carbocycles. The van der Waals surface area contributed by atoms with Gasteiger partial charge < -0.3 is 14.8 Å². The van der Waals surface area contributed by atoms with Gasteiger partial charge in [-0.15, -0.1) is 34.2 Å². The van der Waals surface area contributed by atoms with E-state index in [2.05, 4.69) is 43.8 Å². The lowest BCUT2D eigenvalue weighted by Crippen LogP contribution is -2.49. The number of hydrogen-bond donors (Lipinski definition) is 1. The maximum absolute atomic E-state index is 4.52. The van der Waals surface area contributed by atoms with Crippen molar-refractivity contribution in [1.29, 1.82) is 0 Å². The minimum atomic E-state index is 0. The molecule has 142 valence electrons. The van der Waals surface area contributed by atoms with Crippen LogP contribution in [0.25, 0.3) is 0 Å². The summed E-state index contributed by atoms with van der Waals surface area (Å²) in [5.41, 5.74) is 0.415. The number of fused-ring (bicyclic) bond motifs is 1. The van der Waals surface area contributed by atoms with Crippen molar-refractivity contribution < 1.29 is 0 Å². The van der Waals surface area contributed by atoms with Crippen LogP contribution >= 0.6 is 24.0 Å². The molecule has 1 aromatic heterocycles. The maximum atomic E-state index is 4.52. The van der Waals surface area contributed by atoms with Gasteiger partial charge in [-0.1, -0.05) is 20.3 Å². The van der Waals surface area contributed by atoms with E-state index in [0.29, 0.717) is 12.0 Å². The quantitative estimate of drug-likeness (QED) is 0.426. The highest BCUT2D eigenvalue weighted by Crippen LogP contribution is 2.33. The average Bonchev–Trinajstić information content (AvgIpc) is 2.99. The molecule has 1 unspecified atom stereocenters. The second kappa shape index (κ2) is 9.19. The smallest absolute Gasteiger partial charge is 0.194 e. The van der Waals surface area contributed by atoms with E-state index in [4.69, 9.17) is 0 Å². The van der Waals surface area contributed by atoms with E-state index in [1.807, 2.05) is 7.05 Å². The van der Waals surface area contributed by atoms with Gasteiger partial charge in [0.25, 0.3) is 0 Å². The average molecular weight is 460 g/mol. The second-order valence-corrected chi connectivity index (χ2v) is 7.63. The number of hydrogen-bond acceptors (Lipinski definition) is 3. The Morgan fingerprint density at radius 2 is 2.08 bits per heavy atom. The summed E-state index contributed by atoms with van der Waals surface area (Å²) in [6.07, 6.45) is 8.64. The lowest BCUT2D eigenvalue weighted by molar-refractivity contribution is 0.142. The largest absolute Gasteiger partial charge is 0.349 e. The molecule has 1 saturated heterocycles. The maximum Gasteiger partial charge on any atom is 0.194 e. The summed E-state index contributed by atoms with van der Waals surface area (Å²) in [4.78, 5) is 6.95. The van der Waals surface area contributed by atoms with Crippen molar-refractivity contribution in [1.82, 2.24) is 25.0 Å². The highest BCUT2D eigenvalue weighted by atomic mass is 127. The Balaban J connectivity index is 0.00000225. The monoisotopic (exact) mass is 460 g/mol. The normalized spacial score (nSPS) is 23.8. The number of guanidine groups is 1. The van der Waals surface area contributed by atoms with E-state index in [0.717, 1.165) is 43.7 Å². The van der Waals surface area contributed by atoms with Gasteiger partial charge in [0.1, 0.15) is 5.82 Å². The number of aromatic nitrogens is 3. The molecule has 1 fully saturated rings. The fourth-order valence-corrected chi connectivity index (χ4v) is 4.29. The zero-order chi connectivity index (χ0) is 17.0. The van der Waals surface area contributed by atoms with Crippen molar-refractivity contribution in [3.8, 4) is 0 Å². The van der Waals surface area contributed by atoms with Gasteiger partial charge in [0, 0.05) is 33.1 Å². The number of aryl methyl sites for hydroxylation is 1. The third kappa shape index (κ3) is 4.86. The molecule has 2 aliphatic heterocycles. The molecular formula is C18H33IN6. The van der Waals surface area contributed by atoms with Crippen molar-refractivity contribution in [2.24, 2.45) is 10.4 Å². The summed E-state index contributed by atoms with van der Waals surface area (Å²) >= 11 is 0. The topological polar surface area (TPSA) is 58.3 Å². The minimum absolute atomic E-state index is 0. The number of halogens is 1. The number of nitrogens with zero attached hydrogens (tertiary/aromatic N) is 5. The van der Waals surface area contributed by atoms with Gasteiger partial charge in [0.05, 0.1) is 6.54 Å². The van der Waals surface area contributed by atoms with Gasteiger partial charge >= 0.3 is 0 Å². The van der Waals surface area contributed by atoms with Crippen LogP contribution in [0.3, 0.4) is 0 Å². The number of aliphatic imine (C=N–C) groups is 1. The molecule has 1 aromatic rings. The number of nitrogens with one attached hydrogen (secondary N) is 1. The van der Waals surface area contributed by atoms with Crippen LogP contribution in [0.4, 0.5) is 0 Å². The summed E-state index contributed by atoms with van der Waals surface area (Å²) in [6, 6.07) is 0. The van der Waals surface area contributed by atoms with Crippen LogP contribution in [-0.2, 0) is 19.5 Å². The van der Waals surface area contributed by atoms with E-state index >= 15 is 0 Å². The van der Waals surface area contributed by atoms with Gasteiger partial charge in [0.15, 0.2) is 11.8 Å². The van der Waals surface area contributed by atoms with Gasteiger partial charge in [-0.2, -0.15) is 0 Å². The summed E-state index contributed by atoms with van der Waals surface area (Å²) in [5.74, 6) is 3.19. The third-order valence-corrected chi connectivity index (χ3v) is 5.49. The zero-order valence-electron chi connectivity index (χ0n) is 15.9. The van der Waals surface area contributed by atoms with E-state index < -0.39 is 0 Å². The molecule has 0 radical (unpaired) electrons. The molecule has 3 heterocycles. The Bertz CT molecular complexity index is 580. The van der Waals surface area contributed by atoms with Crippen molar-refractivity contribution in [3.05, 3.63) is 11.6 Å². The fraction of sp³-hybridized carbons (Fsp3) is 0.833. The minimum Gasteiger partial charge on any atom is -0.349 e. The first-order valence-electron chi connectivity index (χ1n) is 9.52. The lowest BCUT2D eigenvalue weighted by atomic mass is 9.78. The van der Waals surface area contributed by atoms with Gasteiger partial charge in [-0.3, -0.25) is 4.99 Å². The molecule has 7 heteroatoms. The number of piperidine rings is 1. The molecule has 25 heavy (non-hydrogen) atoms. The van der Waals surface area contributed by atoms with Gasteiger partial charge in [-0.05, 0) is 37.5 Å². The van der Waals surface area contributed by atoms with Crippen LogP contribution < -0.4 is 5.32 Å². The molecule has 0 spiro atoms. The van der Waals surface area contributed by atoms with Crippen LogP contribution in [0.1, 0.15) is 64.0 Å². The predicted molar refractivity (Wildman–Crippen MR) is 112 cm³/mol. The highest BCUT2D eigenvalue weighted by molar-refractivity contribution is 14.0. The first-order valence-corrected chi connectivity index (χ1v) is 9.52. The number of likely N-dealkylation sites (tertiary alicyclic amines) is 1. The first-order chi connectivity index (χ1) is 11.6. The predicted octanol–water partition coefficient (Wildman–Crippen LogP) is 3.21. The van der Waals surface area contributed by atoms with E-state index in [-0.39, 0.29) is 24.0 Å². The molecule has 3 rings (SSSR count). The molecule has 0 bridgehead atoms. The van der Waals surface area contributed by atoms with Crippen LogP contribution in [-0.4, -0.2) is 45.8 Å². The van der Waals surface area contributed by atoms with Crippen LogP contribution in [0, 0.1) is 5.41 Å². The SMILES string of the molecule is CCCC1(C)CCCN(C(=NC)NCc2nnc3n2CCCC3)C1.I. The second-order valence-electron chi connectivity index (χ2n) is 7.63. The van der Waals surface area contributed by atoms with Gasteiger partial charge in [0.2, 0.25) is 0 Å². The molecular weight excluding hydrogens is 427 g/mol. The van der Waals surface area contributed by atoms with Gasteiger partial charge in [-0.25, -0.2) is 0 Å². The van der Waals surface area contributed by atoms with E-state index in [1.165, 1.54) is 38.5 Å². The first kappa shape index (κ1) is 20.5. The van der Waals surface area contributed by atoms with Crippen molar-refractivity contribution in [2.75, 3.05) is 20.1 Å². The van der Waals surface area contributed by atoms with Crippen LogP contribution in [0.2, 0.25) is 0 Å². The Morgan fingerprint density at radius 1 is 1.24 bits per heavy atom. The van der Waals surface area contributed by atoms with E-state index in [1.54, 1.807) is 0 Å².